The summed E-state index contributed by atoms with van der Waals surface area (Å²) in [6.07, 6.45) is 0.360. The molecule has 0 aromatic heterocycles. The normalized spacial score (nSPS) is 22.2. The largest absolute Gasteiger partial charge is 0.368 e. The SMILES string of the molecule is Cc1c(F)cc(C(=O)NC(CC(C)C)C(=O)N2CCC3OCC(=O)C32)c(F)c1F. The van der Waals surface area contributed by atoms with Crippen molar-refractivity contribution in [2.45, 2.75) is 51.8 Å². The van der Waals surface area contributed by atoms with Crippen molar-refractivity contribution in [3.05, 3.63) is 34.6 Å². The third-order valence-corrected chi connectivity index (χ3v) is 5.34. The number of nitrogens with zero attached hydrogens (tertiary/aromatic N) is 1. The molecular weight excluding hydrogens is 389 g/mol. The second-order valence-electron chi connectivity index (χ2n) is 7.90. The third kappa shape index (κ3) is 4.01. The van der Waals surface area contributed by atoms with Gasteiger partial charge in [-0.25, -0.2) is 13.2 Å². The zero-order valence-corrected chi connectivity index (χ0v) is 16.4. The molecule has 1 aromatic rings. The molecule has 29 heavy (non-hydrogen) atoms. The molecule has 0 radical (unpaired) electrons. The van der Waals surface area contributed by atoms with Gasteiger partial charge >= 0.3 is 0 Å². The van der Waals surface area contributed by atoms with E-state index in [9.17, 15) is 27.6 Å². The van der Waals surface area contributed by atoms with E-state index in [1.807, 2.05) is 13.8 Å². The summed E-state index contributed by atoms with van der Waals surface area (Å²) in [7, 11) is 0. The Hall–Kier alpha value is -2.42. The summed E-state index contributed by atoms with van der Waals surface area (Å²) in [5.74, 6) is -5.79. The van der Waals surface area contributed by atoms with Crippen molar-refractivity contribution < 1.29 is 32.3 Å². The van der Waals surface area contributed by atoms with E-state index in [2.05, 4.69) is 5.32 Å². The average Bonchev–Trinajstić information content (AvgIpc) is 3.24. The molecule has 2 aliphatic heterocycles. The Labute approximate surface area is 166 Å². The van der Waals surface area contributed by atoms with Crippen LogP contribution in [0.2, 0.25) is 0 Å². The lowest BCUT2D eigenvalue weighted by Crippen LogP contribution is -2.52. The van der Waals surface area contributed by atoms with E-state index in [0.717, 1.165) is 6.92 Å². The molecule has 2 aliphatic rings. The lowest BCUT2D eigenvalue weighted by molar-refractivity contribution is -0.138. The summed E-state index contributed by atoms with van der Waals surface area (Å²) in [6, 6.07) is -1.15. The number of hydrogen-bond acceptors (Lipinski definition) is 4. The molecule has 0 bridgehead atoms. The molecule has 3 unspecified atom stereocenters. The van der Waals surface area contributed by atoms with Crippen molar-refractivity contribution in [2.75, 3.05) is 13.2 Å². The molecule has 1 N–H and O–H groups in total. The summed E-state index contributed by atoms with van der Waals surface area (Å²) in [5.41, 5.74) is -1.34. The van der Waals surface area contributed by atoms with E-state index < -0.39 is 52.5 Å². The molecule has 0 aliphatic carbocycles. The zero-order valence-electron chi connectivity index (χ0n) is 16.4. The van der Waals surface area contributed by atoms with Crippen LogP contribution in [-0.2, 0) is 14.3 Å². The van der Waals surface area contributed by atoms with Crippen LogP contribution in [0.1, 0.15) is 42.6 Å². The maximum Gasteiger partial charge on any atom is 0.255 e. The van der Waals surface area contributed by atoms with Crippen LogP contribution in [-0.4, -0.2) is 53.8 Å². The van der Waals surface area contributed by atoms with Gasteiger partial charge in [0.05, 0.1) is 11.7 Å². The number of ketones is 1. The van der Waals surface area contributed by atoms with Gasteiger partial charge in [0.2, 0.25) is 5.91 Å². The third-order valence-electron chi connectivity index (χ3n) is 5.34. The number of benzene rings is 1. The van der Waals surface area contributed by atoms with Crippen molar-refractivity contribution >= 4 is 17.6 Å². The van der Waals surface area contributed by atoms with Gasteiger partial charge < -0.3 is 15.0 Å². The van der Waals surface area contributed by atoms with E-state index >= 15 is 0 Å². The first-order valence-corrected chi connectivity index (χ1v) is 9.51. The molecule has 6 nitrogen and oxygen atoms in total. The van der Waals surface area contributed by atoms with Crippen molar-refractivity contribution in [1.29, 1.82) is 0 Å². The minimum absolute atomic E-state index is 0.0190. The summed E-state index contributed by atoms with van der Waals surface area (Å²) < 4.78 is 47.2. The van der Waals surface area contributed by atoms with Gasteiger partial charge in [-0.15, -0.1) is 0 Å². The molecule has 2 saturated heterocycles. The number of carbonyl (C=O) groups is 3. The lowest BCUT2D eigenvalue weighted by Gasteiger charge is -2.28. The number of halogens is 3. The van der Waals surface area contributed by atoms with Crippen LogP contribution >= 0.6 is 0 Å². The Morgan fingerprint density at radius 3 is 2.62 bits per heavy atom. The van der Waals surface area contributed by atoms with Crippen LogP contribution in [0.3, 0.4) is 0 Å². The number of carbonyl (C=O) groups excluding carboxylic acids is 3. The number of fused-ring (bicyclic) bond motifs is 1. The predicted octanol–water partition coefficient (Wildman–Crippen LogP) is 2.13. The molecule has 158 valence electrons. The number of Topliss-reactive ketones (excluding diaryl/α,β-unsaturated/α-hetero) is 1. The number of likely N-dealkylation sites (tertiary alicyclic amines) is 1. The molecule has 2 fully saturated rings. The van der Waals surface area contributed by atoms with E-state index in [1.165, 1.54) is 4.90 Å². The second kappa shape index (κ2) is 8.14. The van der Waals surface area contributed by atoms with Crippen molar-refractivity contribution in [2.24, 2.45) is 5.92 Å². The Morgan fingerprint density at radius 1 is 1.28 bits per heavy atom. The minimum atomic E-state index is -1.47. The highest BCUT2D eigenvalue weighted by molar-refractivity contribution is 5.99. The molecule has 2 amide bonds. The van der Waals surface area contributed by atoms with Gasteiger partial charge in [0.25, 0.3) is 5.91 Å². The van der Waals surface area contributed by atoms with Gasteiger partial charge in [-0.05, 0) is 31.7 Å². The highest BCUT2D eigenvalue weighted by atomic mass is 19.2. The fraction of sp³-hybridized carbons (Fsp3) is 0.550. The number of amides is 2. The molecule has 3 rings (SSSR count). The first-order valence-electron chi connectivity index (χ1n) is 9.51. The van der Waals surface area contributed by atoms with Crippen molar-refractivity contribution in [1.82, 2.24) is 10.2 Å². The second-order valence-corrected chi connectivity index (χ2v) is 7.90. The predicted molar refractivity (Wildman–Crippen MR) is 96.6 cm³/mol. The summed E-state index contributed by atoms with van der Waals surface area (Å²) in [5, 5.41) is 2.40. The monoisotopic (exact) mass is 412 g/mol. The molecular formula is C20H23F3N2O4. The standard InChI is InChI=1S/C20H23F3N2O4/c1-9(2)6-13(20(28)25-5-4-15-18(25)14(26)8-29-15)24-19(27)11-7-12(21)10(3)16(22)17(11)23/h7,9,13,15,18H,4-6,8H2,1-3H3,(H,24,27). The van der Waals surface area contributed by atoms with Crippen LogP contribution in [0, 0.1) is 30.3 Å². The number of hydrogen-bond donors (Lipinski definition) is 1. The van der Waals surface area contributed by atoms with E-state index in [4.69, 9.17) is 4.74 Å². The van der Waals surface area contributed by atoms with Crippen molar-refractivity contribution in [3.63, 3.8) is 0 Å². The van der Waals surface area contributed by atoms with Crippen LogP contribution in [0.5, 0.6) is 0 Å². The quantitative estimate of drug-likeness (QED) is 0.752. The maximum atomic E-state index is 14.2. The average molecular weight is 412 g/mol. The van der Waals surface area contributed by atoms with Crippen LogP contribution < -0.4 is 5.32 Å². The number of ether oxygens (including phenoxy) is 1. The summed E-state index contributed by atoms with van der Waals surface area (Å²) in [4.78, 5) is 39.1. The highest BCUT2D eigenvalue weighted by Gasteiger charge is 2.48. The van der Waals surface area contributed by atoms with Gasteiger partial charge in [-0.1, -0.05) is 13.8 Å². The Morgan fingerprint density at radius 2 is 1.97 bits per heavy atom. The number of nitrogens with one attached hydrogen (secondary N) is 1. The summed E-state index contributed by atoms with van der Waals surface area (Å²) in [6.45, 7) is 4.95. The molecule has 3 atom stereocenters. The van der Waals surface area contributed by atoms with Crippen molar-refractivity contribution in [3.8, 4) is 0 Å². The van der Waals surface area contributed by atoms with Gasteiger partial charge in [0, 0.05) is 12.1 Å². The molecule has 9 heteroatoms. The Balaban J connectivity index is 1.84. The maximum absolute atomic E-state index is 14.2. The first-order chi connectivity index (χ1) is 13.6. The van der Waals surface area contributed by atoms with Gasteiger partial charge in [-0.3, -0.25) is 14.4 Å². The first kappa shape index (κ1) is 21.3. The lowest BCUT2D eigenvalue weighted by atomic mass is 10.0. The van der Waals surface area contributed by atoms with Crippen LogP contribution in [0.15, 0.2) is 6.07 Å². The van der Waals surface area contributed by atoms with E-state index in [0.29, 0.717) is 19.0 Å². The Kier molecular flexibility index (Phi) is 5.97. The zero-order chi connectivity index (χ0) is 21.5. The van der Waals surface area contributed by atoms with E-state index in [1.54, 1.807) is 0 Å². The Bertz CT molecular complexity index is 859. The molecule has 0 spiro atoms. The molecule has 2 heterocycles. The van der Waals surface area contributed by atoms with Crippen LogP contribution in [0.4, 0.5) is 13.2 Å². The van der Waals surface area contributed by atoms with E-state index in [-0.39, 0.29) is 30.8 Å². The smallest absolute Gasteiger partial charge is 0.255 e. The number of rotatable bonds is 5. The van der Waals surface area contributed by atoms with Crippen LogP contribution in [0.25, 0.3) is 0 Å². The molecule has 0 saturated carbocycles. The van der Waals surface area contributed by atoms with Gasteiger partial charge in [0.15, 0.2) is 17.4 Å². The topological polar surface area (TPSA) is 75.7 Å². The van der Waals surface area contributed by atoms with Gasteiger partial charge in [-0.2, -0.15) is 0 Å². The molecule has 1 aromatic carbocycles. The summed E-state index contributed by atoms with van der Waals surface area (Å²) >= 11 is 0. The highest BCUT2D eigenvalue weighted by Crippen LogP contribution is 2.28. The fourth-order valence-corrected chi connectivity index (χ4v) is 3.82. The minimum Gasteiger partial charge on any atom is -0.368 e. The van der Waals surface area contributed by atoms with Gasteiger partial charge in [0.1, 0.15) is 24.5 Å². The fourth-order valence-electron chi connectivity index (χ4n) is 3.82.